The smallest absolute Gasteiger partial charge is 0.368 e. The largest absolute Gasteiger partial charge is 0.496 e. The van der Waals surface area contributed by atoms with E-state index < -0.39 is 0 Å². The number of methoxy groups -OCH3 is 1. The number of hydrogen-bond donors (Lipinski definition) is 0. The molecule has 0 saturated heterocycles. The van der Waals surface area contributed by atoms with Gasteiger partial charge in [0.1, 0.15) is 25.2 Å². The Morgan fingerprint density at radius 3 is 2.45 bits per heavy atom. The van der Waals surface area contributed by atoms with Crippen LogP contribution in [0.1, 0.15) is 38.3 Å². The maximum Gasteiger partial charge on any atom is 0.368 e. The van der Waals surface area contributed by atoms with Crippen molar-refractivity contribution in [3.63, 3.8) is 0 Å². The Bertz CT molecular complexity index is 1210. The van der Waals surface area contributed by atoms with Gasteiger partial charge in [0.25, 0.3) is 0 Å². The minimum atomic E-state index is -0.362. The molecule has 0 aliphatic rings. The Morgan fingerprint density at radius 2 is 1.88 bits per heavy atom. The first-order valence-electron chi connectivity index (χ1n) is 10.3. The lowest BCUT2D eigenvalue weighted by molar-refractivity contribution is 0.211. The second-order valence-electron chi connectivity index (χ2n) is 8.65. The van der Waals surface area contributed by atoms with Gasteiger partial charge in [0.05, 0.1) is 28.5 Å². The average molecular weight is 518 g/mol. The zero-order valence-electron chi connectivity index (χ0n) is 19.6. The van der Waals surface area contributed by atoms with Gasteiger partial charge < -0.3 is 14.3 Å². The third-order valence-corrected chi connectivity index (χ3v) is 5.43. The monoisotopic (exact) mass is 517 g/mol. The Hall–Kier alpha value is -3.14. The number of ether oxygens (including phenoxy) is 2. The molecule has 0 spiro atoms. The van der Waals surface area contributed by atoms with Crippen LogP contribution in [0.15, 0.2) is 50.8 Å². The lowest BCUT2D eigenvalue weighted by atomic mass is 9.87. The first-order valence-corrected chi connectivity index (χ1v) is 11.1. The van der Waals surface area contributed by atoms with Gasteiger partial charge in [-0.1, -0.05) is 32.0 Å². The molecule has 0 atom stereocenters. The molecule has 1 heterocycles. The van der Waals surface area contributed by atoms with E-state index in [1.807, 2.05) is 24.3 Å². The molecule has 3 rings (SSSR count). The highest BCUT2D eigenvalue weighted by Gasteiger charge is 2.19. The van der Waals surface area contributed by atoms with Crippen LogP contribution in [0, 0.1) is 5.41 Å². The van der Waals surface area contributed by atoms with Crippen LogP contribution in [0.2, 0.25) is 0 Å². The third kappa shape index (κ3) is 5.81. The van der Waals surface area contributed by atoms with Gasteiger partial charge in [-0.2, -0.15) is 9.36 Å². The van der Waals surface area contributed by atoms with Gasteiger partial charge in [0.2, 0.25) is 0 Å². The Kier molecular flexibility index (Phi) is 7.57. The molecular weight excluding hydrogens is 490 g/mol. The summed E-state index contributed by atoms with van der Waals surface area (Å²) in [6, 6.07) is 11.1. The Balaban J connectivity index is 1.90. The van der Waals surface area contributed by atoms with E-state index in [1.54, 1.807) is 33.4 Å². The number of halogens is 1. The fourth-order valence-electron chi connectivity index (χ4n) is 3.30. The number of tetrazole rings is 1. The van der Waals surface area contributed by atoms with Crippen molar-refractivity contribution in [3.8, 4) is 17.2 Å². The number of nitrogens with zero attached hydrogens (tertiary/aromatic N) is 5. The molecule has 0 bridgehead atoms. The number of oxime groups is 1. The zero-order chi connectivity index (χ0) is 24.2. The molecule has 9 nitrogen and oxygen atoms in total. The normalized spacial score (nSPS) is 12.0. The first kappa shape index (κ1) is 24.5. The maximum atomic E-state index is 12.4. The number of aryl methyl sites for hydroxylation is 1. The van der Waals surface area contributed by atoms with Gasteiger partial charge in [-0.15, -0.1) is 0 Å². The predicted molar refractivity (Wildman–Crippen MR) is 129 cm³/mol. The summed E-state index contributed by atoms with van der Waals surface area (Å²) in [5.41, 5.74) is 2.70. The summed E-state index contributed by atoms with van der Waals surface area (Å²) >= 11 is 3.60. The van der Waals surface area contributed by atoms with Crippen molar-refractivity contribution in [1.29, 1.82) is 0 Å². The fourth-order valence-corrected chi connectivity index (χ4v) is 3.79. The number of aromatic nitrogens is 4. The molecule has 3 aromatic rings. The SMILES string of the molecule is CO/N=C(/CC(C)(C)C)c1ccc(OCc2c(OC)cccc2-n2nnn(C)c2=O)c(Br)c1. The van der Waals surface area contributed by atoms with Crippen molar-refractivity contribution in [2.75, 3.05) is 14.2 Å². The average Bonchev–Trinajstić information content (AvgIpc) is 3.09. The summed E-state index contributed by atoms with van der Waals surface area (Å²) in [4.78, 5) is 17.5. The molecule has 0 fully saturated rings. The van der Waals surface area contributed by atoms with E-state index in [2.05, 4.69) is 52.3 Å². The van der Waals surface area contributed by atoms with Crippen LogP contribution in [0.4, 0.5) is 0 Å². The summed E-state index contributed by atoms with van der Waals surface area (Å²) in [6.45, 7) is 6.61. The van der Waals surface area contributed by atoms with Crippen molar-refractivity contribution in [1.82, 2.24) is 19.8 Å². The molecule has 0 amide bonds. The zero-order valence-corrected chi connectivity index (χ0v) is 21.2. The van der Waals surface area contributed by atoms with Gasteiger partial charge >= 0.3 is 5.69 Å². The van der Waals surface area contributed by atoms with E-state index in [0.717, 1.165) is 26.9 Å². The molecular formula is C23H28BrN5O4. The lowest BCUT2D eigenvalue weighted by Gasteiger charge is -2.20. The highest BCUT2D eigenvalue weighted by Crippen LogP contribution is 2.31. The maximum absolute atomic E-state index is 12.4. The highest BCUT2D eigenvalue weighted by molar-refractivity contribution is 9.10. The molecule has 0 unspecified atom stereocenters. The van der Waals surface area contributed by atoms with Crippen LogP contribution < -0.4 is 15.2 Å². The third-order valence-electron chi connectivity index (χ3n) is 4.81. The molecule has 0 aliphatic heterocycles. The highest BCUT2D eigenvalue weighted by atomic mass is 79.9. The van der Waals surface area contributed by atoms with Crippen molar-refractivity contribution in [3.05, 3.63) is 62.5 Å². The van der Waals surface area contributed by atoms with Crippen molar-refractivity contribution in [2.45, 2.75) is 33.8 Å². The summed E-state index contributed by atoms with van der Waals surface area (Å²) in [6.07, 6.45) is 0.755. The minimum Gasteiger partial charge on any atom is -0.496 e. The quantitative estimate of drug-likeness (QED) is 0.329. The Labute approximate surface area is 201 Å². The molecule has 33 heavy (non-hydrogen) atoms. The topological polar surface area (TPSA) is 92.8 Å². The van der Waals surface area contributed by atoms with Crippen molar-refractivity contribution < 1.29 is 14.3 Å². The number of rotatable bonds is 8. The van der Waals surface area contributed by atoms with Crippen LogP contribution >= 0.6 is 15.9 Å². The second-order valence-corrected chi connectivity index (χ2v) is 9.50. The summed E-state index contributed by atoms with van der Waals surface area (Å²) in [7, 11) is 4.66. The van der Waals surface area contributed by atoms with Gasteiger partial charge in [0, 0.05) is 12.6 Å². The molecule has 0 saturated carbocycles. The predicted octanol–water partition coefficient (Wildman–Crippen LogP) is 4.10. The lowest BCUT2D eigenvalue weighted by Crippen LogP contribution is -2.23. The molecule has 2 aromatic carbocycles. The van der Waals surface area contributed by atoms with Crippen LogP contribution in [-0.4, -0.2) is 39.7 Å². The van der Waals surface area contributed by atoms with E-state index in [1.165, 1.54) is 4.68 Å². The van der Waals surface area contributed by atoms with Gasteiger partial charge in [-0.25, -0.2) is 4.79 Å². The van der Waals surface area contributed by atoms with E-state index in [0.29, 0.717) is 22.7 Å². The summed E-state index contributed by atoms with van der Waals surface area (Å²) in [5.74, 6) is 1.21. The Morgan fingerprint density at radius 1 is 1.12 bits per heavy atom. The first-order chi connectivity index (χ1) is 15.6. The minimum absolute atomic E-state index is 0.0533. The molecule has 0 aliphatic carbocycles. The molecule has 0 radical (unpaired) electrons. The van der Waals surface area contributed by atoms with E-state index in [9.17, 15) is 4.79 Å². The molecule has 10 heteroatoms. The van der Waals surface area contributed by atoms with Gasteiger partial charge in [0.15, 0.2) is 0 Å². The molecule has 1 aromatic heterocycles. The van der Waals surface area contributed by atoms with Crippen LogP contribution in [0.25, 0.3) is 5.69 Å². The van der Waals surface area contributed by atoms with Crippen molar-refractivity contribution in [2.24, 2.45) is 17.6 Å². The van der Waals surface area contributed by atoms with E-state index in [4.69, 9.17) is 14.3 Å². The molecule has 0 N–H and O–H groups in total. The summed E-state index contributed by atoms with van der Waals surface area (Å²) < 4.78 is 14.8. The fraction of sp³-hybridized carbons (Fsp3) is 0.391. The van der Waals surface area contributed by atoms with Crippen LogP contribution in [-0.2, 0) is 18.5 Å². The summed E-state index contributed by atoms with van der Waals surface area (Å²) in [5, 5.41) is 12.0. The number of benzene rings is 2. The van der Waals surface area contributed by atoms with Gasteiger partial charge in [-0.3, -0.25) is 0 Å². The van der Waals surface area contributed by atoms with Crippen LogP contribution in [0.3, 0.4) is 0 Å². The van der Waals surface area contributed by atoms with Crippen molar-refractivity contribution >= 4 is 21.6 Å². The van der Waals surface area contributed by atoms with Crippen LogP contribution in [0.5, 0.6) is 11.5 Å². The van der Waals surface area contributed by atoms with E-state index >= 15 is 0 Å². The second kappa shape index (κ2) is 10.2. The molecule has 176 valence electrons. The van der Waals surface area contributed by atoms with E-state index in [-0.39, 0.29) is 17.7 Å². The van der Waals surface area contributed by atoms with Gasteiger partial charge in [-0.05, 0) is 68.5 Å². The standard InChI is InChI=1S/C23H28BrN5O4/c1-23(2,3)13-18(25-32-6)15-10-11-21(17(24)12-15)33-14-16-19(8-7-9-20(16)31-5)29-22(30)28(4)26-27-29/h7-12H,13-14H2,1-6H3/b25-18-. The number of hydrogen-bond acceptors (Lipinski definition) is 7.